The number of amides is 1. The molecule has 0 bridgehead atoms. The summed E-state index contributed by atoms with van der Waals surface area (Å²) in [6.07, 6.45) is 1.20. The number of hydrogen-bond acceptors (Lipinski definition) is 4. The smallest absolute Gasteiger partial charge is 0.414 e. The molecule has 1 heterocycles. The van der Waals surface area contributed by atoms with E-state index < -0.39 is 5.60 Å². The second-order valence-electron chi connectivity index (χ2n) is 4.41. The van der Waals surface area contributed by atoms with Crippen molar-refractivity contribution in [1.82, 2.24) is 10.2 Å². The minimum absolute atomic E-state index is 0.0979. The molecule has 0 aromatic rings. The van der Waals surface area contributed by atoms with Crippen molar-refractivity contribution < 1.29 is 14.6 Å². The Balaban J connectivity index is 2.60. The topological polar surface area (TPSA) is 61.8 Å². The Labute approximate surface area is 89.7 Å². The van der Waals surface area contributed by atoms with Crippen LogP contribution in [0.25, 0.3) is 0 Å². The van der Waals surface area contributed by atoms with Gasteiger partial charge in [0.25, 0.3) is 0 Å². The van der Waals surface area contributed by atoms with E-state index in [4.69, 9.17) is 9.84 Å². The van der Waals surface area contributed by atoms with Crippen molar-refractivity contribution in [1.29, 1.82) is 0 Å². The standard InChI is InChI=1S/C10H18N2O3/c1-10(2,3)15-9(14)12-5-4-11-8(6-12)7-13/h6,11,13H,4-5,7H2,1-3H3. The van der Waals surface area contributed by atoms with Gasteiger partial charge in [-0.25, -0.2) is 4.79 Å². The predicted molar refractivity (Wildman–Crippen MR) is 56.1 cm³/mol. The number of carbonyl (C=O) groups is 1. The highest BCUT2D eigenvalue weighted by Gasteiger charge is 2.22. The molecule has 0 radical (unpaired) electrons. The van der Waals surface area contributed by atoms with Crippen LogP contribution in [0.2, 0.25) is 0 Å². The molecule has 0 aromatic carbocycles. The van der Waals surface area contributed by atoms with Gasteiger partial charge in [-0.05, 0) is 20.8 Å². The van der Waals surface area contributed by atoms with Crippen molar-refractivity contribution in [2.45, 2.75) is 26.4 Å². The van der Waals surface area contributed by atoms with Crippen molar-refractivity contribution in [2.75, 3.05) is 19.7 Å². The molecule has 1 aliphatic rings. The molecule has 5 nitrogen and oxygen atoms in total. The fraction of sp³-hybridized carbons (Fsp3) is 0.700. The third-order valence-electron chi connectivity index (χ3n) is 1.81. The first-order valence-electron chi connectivity index (χ1n) is 4.97. The molecule has 0 saturated carbocycles. The van der Waals surface area contributed by atoms with Crippen LogP contribution >= 0.6 is 0 Å². The molecule has 2 N–H and O–H groups in total. The maximum absolute atomic E-state index is 11.6. The highest BCUT2D eigenvalue weighted by atomic mass is 16.6. The van der Waals surface area contributed by atoms with E-state index in [2.05, 4.69) is 5.32 Å². The SMILES string of the molecule is CC(C)(C)OC(=O)N1C=C(CO)NCC1. The summed E-state index contributed by atoms with van der Waals surface area (Å²) in [6.45, 7) is 6.56. The summed E-state index contributed by atoms with van der Waals surface area (Å²) >= 11 is 0. The first kappa shape index (κ1) is 11.8. The molecule has 1 rings (SSSR count). The van der Waals surface area contributed by atoms with Crippen molar-refractivity contribution >= 4 is 6.09 Å². The third kappa shape index (κ3) is 3.79. The van der Waals surface area contributed by atoms with Crippen LogP contribution in [0.15, 0.2) is 11.9 Å². The van der Waals surface area contributed by atoms with Crippen LogP contribution in [0, 0.1) is 0 Å². The van der Waals surface area contributed by atoms with Gasteiger partial charge in [0, 0.05) is 19.3 Å². The van der Waals surface area contributed by atoms with Crippen LogP contribution in [0.4, 0.5) is 4.79 Å². The summed E-state index contributed by atoms with van der Waals surface area (Å²) in [6, 6.07) is 0. The summed E-state index contributed by atoms with van der Waals surface area (Å²) in [4.78, 5) is 13.1. The van der Waals surface area contributed by atoms with Crippen LogP contribution in [0.3, 0.4) is 0 Å². The Hall–Kier alpha value is -1.23. The zero-order valence-electron chi connectivity index (χ0n) is 9.41. The number of carbonyl (C=O) groups excluding carboxylic acids is 1. The van der Waals surface area contributed by atoms with Gasteiger partial charge in [-0.1, -0.05) is 0 Å². The van der Waals surface area contributed by atoms with Gasteiger partial charge in [0.1, 0.15) is 5.60 Å². The molecule has 0 aliphatic carbocycles. The van der Waals surface area contributed by atoms with E-state index in [9.17, 15) is 4.79 Å². The lowest BCUT2D eigenvalue weighted by molar-refractivity contribution is 0.0325. The van der Waals surface area contributed by atoms with Crippen molar-refractivity contribution in [3.63, 3.8) is 0 Å². The predicted octanol–water partition coefficient (Wildman–Crippen LogP) is 0.660. The van der Waals surface area contributed by atoms with E-state index >= 15 is 0 Å². The van der Waals surface area contributed by atoms with Gasteiger partial charge in [0.2, 0.25) is 0 Å². The molecule has 1 amide bonds. The number of aliphatic hydroxyl groups is 1. The van der Waals surface area contributed by atoms with Gasteiger partial charge in [-0.15, -0.1) is 0 Å². The number of hydrogen-bond donors (Lipinski definition) is 2. The van der Waals surface area contributed by atoms with Crippen molar-refractivity contribution in [2.24, 2.45) is 0 Å². The quantitative estimate of drug-likeness (QED) is 0.673. The fourth-order valence-corrected chi connectivity index (χ4v) is 1.20. The maximum atomic E-state index is 11.6. The zero-order chi connectivity index (χ0) is 11.5. The van der Waals surface area contributed by atoms with Gasteiger partial charge in [0.15, 0.2) is 0 Å². The fourth-order valence-electron chi connectivity index (χ4n) is 1.20. The first-order valence-corrected chi connectivity index (χ1v) is 4.97. The number of aliphatic hydroxyl groups excluding tert-OH is 1. The van der Waals surface area contributed by atoms with E-state index in [1.54, 1.807) is 6.20 Å². The molecular weight excluding hydrogens is 196 g/mol. The highest BCUT2D eigenvalue weighted by molar-refractivity contribution is 5.69. The van der Waals surface area contributed by atoms with E-state index in [1.807, 2.05) is 20.8 Å². The van der Waals surface area contributed by atoms with Gasteiger partial charge >= 0.3 is 6.09 Å². The average molecular weight is 214 g/mol. The lowest BCUT2D eigenvalue weighted by atomic mass is 10.2. The minimum Gasteiger partial charge on any atom is -0.443 e. The normalized spacial score (nSPS) is 16.8. The van der Waals surface area contributed by atoms with Crippen LogP contribution in [0.1, 0.15) is 20.8 Å². The Kier molecular flexibility index (Phi) is 3.57. The zero-order valence-corrected chi connectivity index (χ0v) is 9.41. The summed E-state index contributed by atoms with van der Waals surface area (Å²) in [5.74, 6) is 0. The van der Waals surface area contributed by atoms with E-state index in [0.717, 1.165) is 0 Å². The molecule has 5 heteroatoms. The van der Waals surface area contributed by atoms with Gasteiger partial charge in [0.05, 0.1) is 12.3 Å². The second-order valence-corrected chi connectivity index (χ2v) is 4.41. The molecule has 0 saturated heterocycles. The molecular formula is C10H18N2O3. The minimum atomic E-state index is -0.491. The van der Waals surface area contributed by atoms with Crippen LogP contribution in [-0.2, 0) is 4.74 Å². The summed E-state index contributed by atoms with van der Waals surface area (Å²) < 4.78 is 5.20. The third-order valence-corrected chi connectivity index (χ3v) is 1.81. The molecule has 0 atom stereocenters. The molecule has 0 aromatic heterocycles. The lowest BCUT2D eigenvalue weighted by Gasteiger charge is -2.28. The molecule has 0 fully saturated rings. The molecule has 1 aliphatic heterocycles. The largest absolute Gasteiger partial charge is 0.443 e. The van der Waals surface area contributed by atoms with Gasteiger partial charge in [-0.3, -0.25) is 4.90 Å². The van der Waals surface area contributed by atoms with E-state index in [1.165, 1.54) is 4.90 Å². The van der Waals surface area contributed by atoms with Crippen LogP contribution in [-0.4, -0.2) is 41.4 Å². The summed E-state index contributed by atoms with van der Waals surface area (Å²) in [5, 5.41) is 11.9. The summed E-state index contributed by atoms with van der Waals surface area (Å²) in [5.41, 5.74) is 0.141. The van der Waals surface area contributed by atoms with E-state index in [0.29, 0.717) is 18.8 Å². The number of ether oxygens (including phenoxy) is 1. The molecule has 86 valence electrons. The number of nitrogens with one attached hydrogen (secondary N) is 1. The number of nitrogens with zero attached hydrogens (tertiary/aromatic N) is 1. The monoisotopic (exact) mass is 214 g/mol. The Morgan fingerprint density at radius 1 is 1.67 bits per heavy atom. The van der Waals surface area contributed by atoms with Gasteiger partial charge in [-0.2, -0.15) is 0 Å². The first-order chi connectivity index (χ1) is 6.92. The molecule has 0 unspecified atom stereocenters. The molecule has 15 heavy (non-hydrogen) atoms. The van der Waals surface area contributed by atoms with Crippen LogP contribution in [0.5, 0.6) is 0 Å². The number of rotatable bonds is 1. The average Bonchev–Trinajstić information content (AvgIpc) is 2.15. The van der Waals surface area contributed by atoms with E-state index in [-0.39, 0.29) is 12.7 Å². The second kappa shape index (κ2) is 4.53. The Morgan fingerprint density at radius 2 is 2.33 bits per heavy atom. The highest BCUT2D eigenvalue weighted by Crippen LogP contribution is 2.11. The lowest BCUT2D eigenvalue weighted by Crippen LogP contribution is -2.41. The van der Waals surface area contributed by atoms with Crippen molar-refractivity contribution in [3.05, 3.63) is 11.9 Å². The molecule has 0 spiro atoms. The Morgan fingerprint density at radius 3 is 2.87 bits per heavy atom. The van der Waals surface area contributed by atoms with Crippen LogP contribution < -0.4 is 5.32 Å². The van der Waals surface area contributed by atoms with Crippen molar-refractivity contribution in [3.8, 4) is 0 Å². The summed E-state index contributed by atoms with van der Waals surface area (Å²) in [7, 11) is 0. The van der Waals surface area contributed by atoms with Gasteiger partial charge < -0.3 is 15.2 Å². The Bertz CT molecular complexity index is 268. The maximum Gasteiger partial charge on any atom is 0.414 e.